The van der Waals surface area contributed by atoms with Gasteiger partial charge in [-0.05, 0) is 12.6 Å². The van der Waals surface area contributed by atoms with Crippen molar-refractivity contribution in [1.29, 1.82) is 0 Å². The lowest BCUT2D eigenvalue weighted by molar-refractivity contribution is 0.482. The minimum absolute atomic E-state index is 0.417. The fraction of sp³-hybridized carbons (Fsp3) is 0.300. The summed E-state index contributed by atoms with van der Waals surface area (Å²) < 4.78 is 5.46. The normalized spacial score (nSPS) is 10.6. The Morgan fingerprint density at radius 1 is 1.44 bits per heavy atom. The molecule has 0 aromatic carbocycles. The lowest BCUT2D eigenvalue weighted by Crippen LogP contribution is -2.11. The maximum absolute atomic E-state index is 5.97. The van der Waals surface area contributed by atoms with Crippen LogP contribution in [0.15, 0.2) is 22.9 Å². The molecule has 0 aliphatic carbocycles. The second-order valence-electron chi connectivity index (χ2n) is 3.14. The van der Waals surface area contributed by atoms with E-state index in [9.17, 15) is 0 Å². The molecule has 2 heterocycles. The summed E-state index contributed by atoms with van der Waals surface area (Å²) >= 11 is 5.97. The predicted molar refractivity (Wildman–Crippen MR) is 59.9 cm³/mol. The Labute approximate surface area is 97.9 Å². The first kappa shape index (κ1) is 11.0. The van der Waals surface area contributed by atoms with Crippen molar-refractivity contribution in [2.45, 2.75) is 13.5 Å². The molecule has 0 spiro atoms. The summed E-state index contributed by atoms with van der Waals surface area (Å²) in [7, 11) is 0. The Morgan fingerprint density at radius 3 is 3.06 bits per heavy atom. The Kier molecular flexibility index (Phi) is 3.48. The number of aromatic nitrogens is 3. The molecule has 84 valence electrons. The van der Waals surface area contributed by atoms with Crippen molar-refractivity contribution in [2.24, 2.45) is 0 Å². The van der Waals surface area contributed by atoms with Gasteiger partial charge in [0, 0.05) is 12.4 Å². The van der Waals surface area contributed by atoms with E-state index in [-0.39, 0.29) is 0 Å². The largest absolute Gasteiger partial charge is 0.419 e. The predicted octanol–water partition coefficient (Wildman–Crippen LogP) is 1.89. The van der Waals surface area contributed by atoms with E-state index >= 15 is 0 Å². The van der Waals surface area contributed by atoms with Crippen LogP contribution in [0.5, 0.6) is 0 Å². The molecule has 0 radical (unpaired) electrons. The first-order valence-corrected chi connectivity index (χ1v) is 5.32. The number of hydrogen-bond acceptors (Lipinski definition) is 5. The number of nitrogens with one attached hydrogen (secondary N) is 1. The van der Waals surface area contributed by atoms with Crippen molar-refractivity contribution in [3.63, 3.8) is 0 Å². The molecule has 0 saturated heterocycles. The van der Waals surface area contributed by atoms with Crippen molar-refractivity contribution in [1.82, 2.24) is 20.5 Å². The molecule has 0 atom stereocenters. The van der Waals surface area contributed by atoms with Crippen LogP contribution in [0.2, 0.25) is 5.02 Å². The number of hydrogen-bond donors (Lipinski definition) is 1. The third-order valence-electron chi connectivity index (χ3n) is 2.00. The maximum atomic E-state index is 5.97. The third kappa shape index (κ3) is 2.37. The Bertz CT molecular complexity index is 471. The molecule has 16 heavy (non-hydrogen) atoms. The lowest BCUT2D eigenvalue weighted by atomic mass is 10.3. The highest BCUT2D eigenvalue weighted by Gasteiger charge is 2.10. The molecule has 6 heteroatoms. The number of nitrogens with zero attached hydrogens (tertiary/aromatic N) is 3. The molecule has 2 aromatic rings. The van der Waals surface area contributed by atoms with Gasteiger partial charge in [0.25, 0.3) is 0 Å². The average Bonchev–Trinajstić information content (AvgIpc) is 2.75. The van der Waals surface area contributed by atoms with Gasteiger partial charge >= 0.3 is 0 Å². The van der Waals surface area contributed by atoms with Gasteiger partial charge in [0.05, 0.1) is 17.1 Å². The standard InChI is InChI=1S/C10H11ClN4O/c1-2-12-6-9-14-15-10(16-9)7-3-4-13-5-8(7)11/h3-5,12H,2,6H2,1H3. The molecule has 2 aromatic heterocycles. The molecule has 0 aliphatic heterocycles. The van der Waals surface area contributed by atoms with Gasteiger partial charge in [-0.15, -0.1) is 10.2 Å². The average molecular weight is 239 g/mol. The van der Waals surface area contributed by atoms with Gasteiger partial charge in [-0.1, -0.05) is 18.5 Å². The first-order valence-electron chi connectivity index (χ1n) is 4.94. The third-order valence-corrected chi connectivity index (χ3v) is 2.30. The minimum Gasteiger partial charge on any atom is -0.419 e. The summed E-state index contributed by atoms with van der Waals surface area (Å²) in [5, 5.41) is 11.4. The van der Waals surface area contributed by atoms with E-state index in [0.717, 1.165) is 6.54 Å². The molecule has 0 amide bonds. The monoisotopic (exact) mass is 238 g/mol. The number of halogens is 1. The van der Waals surface area contributed by atoms with Crippen molar-refractivity contribution < 1.29 is 4.42 Å². The molecule has 2 rings (SSSR count). The zero-order valence-electron chi connectivity index (χ0n) is 8.77. The van der Waals surface area contributed by atoms with E-state index in [1.165, 1.54) is 0 Å². The van der Waals surface area contributed by atoms with Crippen LogP contribution in [-0.4, -0.2) is 21.7 Å². The van der Waals surface area contributed by atoms with Crippen molar-refractivity contribution >= 4 is 11.6 Å². The molecule has 0 aliphatic rings. The van der Waals surface area contributed by atoms with Crippen LogP contribution in [0.1, 0.15) is 12.8 Å². The molecule has 0 bridgehead atoms. The zero-order chi connectivity index (χ0) is 11.4. The fourth-order valence-electron chi connectivity index (χ4n) is 1.21. The van der Waals surface area contributed by atoms with Gasteiger partial charge in [0.2, 0.25) is 11.8 Å². The summed E-state index contributed by atoms with van der Waals surface area (Å²) in [5.41, 5.74) is 0.701. The van der Waals surface area contributed by atoms with Crippen LogP contribution in [0, 0.1) is 0 Å². The summed E-state index contributed by atoms with van der Waals surface area (Å²) in [6.45, 7) is 3.43. The quantitative estimate of drug-likeness (QED) is 0.881. The van der Waals surface area contributed by atoms with E-state index in [1.54, 1.807) is 18.5 Å². The van der Waals surface area contributed by atoms with Crippen LogP contribution in [0.3, 0.4) is 0 Å². The van der Waals surface area contributed by atoms with E-state index in [1.807, 2.05) is 6.92 Å². The lowest BCUT2D eigenvalue weighted by Gasteiger charge is -1.96. The van der Waals surface area contributed by atoms with Crippen LogP contribution in [0.4, 0.5) is 0 Å². The fourth-order valence-corrected chi connectivity index (χ4v) is 1.41. The Balaban J connectivity index is 2.22. The van der Waals surface area contributed by atoms with Gasteiger partial charge in [-0.2, -0.15) is 0 Å². The highest BCUT2D eigenvalue weighted by Crippen LogP contribution is 2.25. The highest BCUT2D eigenvalue weighted by atomic mass is 35.5. The van der Waals surface area contributed by atoms with Gasteiger partial charge in [-0.3, -0.25) is 4.98 Å². The second kappa shape index (κ2) is 5.05. The van der Waals surface area contributed by atoms with Crippen molar-refractivity contribution in [2.75, 3.05) is 6.54 Å². The van der Waals surface area contributed by atoms with Crippen LogP contribution in [0.25, 0.3) is 11.5 Å². The van der Waals surface area contributed by atoms with Crippen LogP contribution in [-0.2, 0) is 6.54 Å². The van der Waals surface area contributed by atoms with E-state index in [2.05, 4.69) is 20.5 Å². The SMILES string of the molecule is CCNCc1nnc(-c2ccncc2Cl)o1. The zero-order valence-corrected chi connectivity index (χ0v) is 9.53. The Morgan fingerprint density at radius 2 is 2.31 bits per heavy atom. The summed E-state index contributed by atoms with van der Waals surface area (Å²) in [6.07, 6.45) is 3.18. The smallest absolute Gasteiger partial charge is 0.249 e. The van der Waals surface area contributed by atoms with Crippen molar-refractivity contribution in [3.8, 4) is 11.5 Å². The van der Waals surface area contributed by atoms with E-state index in [4.69, 9.17) is 16.0 Å². The first-order chi connectivity index (χ1) is 7.81. The van der Waals surface area contributed by atoms with E-state index < -0.39 is 0 Å². The molecular formula is C10H11ClN4O. The summed E-state index contributed by atoms with van der Waals surface area (Å²) in [6, 6.07) is 1.74. The maximum Gasteiger partial charge on any atom is 0.249 e. The molecule has 0 unspecified atom stereocenters. The topological polar surface area (TPSA) is 63.8 Å². The van der Waals surface area contributed by atoms with Gasteiger partial charge in [-0.25, -0.2) is 0 Å². The minimum atomic E-state index is 0.417. The second-order valence-corrected chi connectivity index (χ2v) is 3.54. The number of rotatable bonds is 4. The summed E-state index contributed by atoms with van der Waals surface area (Å²) in [4.78, 5) is 3.89. The summed E-state index contributed by atoms with van der Waals surface area (Å²) in [5.74, 6) is 0.963. The van der Waals surface area contributed by atoms with Crippen LogP contribution < -0.4 is 5.32 Å². The highest BCUT2D eigenvalue weighted by molar-refractivity contribution is 6.32. The van der Waals surface area contributed by atoms with Crippen LogP contribution >= 0.6 is 11.6 Å². The van der Waals surface area contributed by atoms with Gasteiger partial charge < -0.3 is 9.73 Å². The van der Waals surface area contributed by atoms with Crippen molar-refractivity contribution in [3.05, 3.63) is 29.4 Å². The van der Waals surface area contributed by atoms with Gasteiger partial charge in [0.1, 0.15) is 0 Å². The molecule has 5 nitrogen and oxygen atoms in total. The number of pyridine rings is 1. The van der Waals surface area contributed by atoms with Gasteiger partial charge in [0.15, 0.2) is 0 Å². The molecule has 0 saturated carbocycles. The Hall–Kier alpha value is -1.46. The van der Waals surface area contributed by atoms with E-state index in [0.29, 0.717) is 28.9 Å². The molecular weight excluding hydrogens is 228 g/mol. The molecule has 0 fully saturated rings. The molecule has 1 N–H and O–H groups in total.